The Morgan fingerprint density at radius 3 is 1.78 bits per heavy atom. The fraction of sp³-hybridized carbons (Fsp3) is 0.800. The molecule has 0 aliphatic carbocycles. The molecular weight excluding hydrogens is 158 g/mol. The maximum Gasteiger partial charge on any atom is 2.00 e. The molecule has 0 nitrogen and oxygen atoms in total. The molecule has 0 amide bonds. The first-order valence-corrected chi connectivity index (χ1v) is 2.23. The van der Waals surface area contributed by atoms with Crippen molar-refractivity contribution in [3.05, 3.63) is 6.92 Å². The normalized spacial score (nSPS) is 9.33. The average molecular weight is 167 g/mol. The van der Waals surface area contributed by atoms with Gasteiger partial charge in [0.25, 0.3) is 0 Å². The van der Waals surface area contributed by atoms with E-state index >= 15 is 0 Å². The maximum absolute atomic E-state index is 11.7. The molecule has 0 fully saturated rings. The van der Waals surface area contributed by atoms with Crippen LogP contribution in [0.4, 0.5) is 8.78 Å². The van der Waals surface area contributed by atoms with Crippen LogP contribution in [0.1, 0.15) is 19.8 Å². The van der Waals surface area contributed by atoms with Crippen molar-refractivity contribution >= 4 is 23.1 Å². The SMILES string of the molecule is [CH2-]CCC(C)(F)F.[Cl-].[Mg+2]. The van der Waals surface area contributed by atoms with Gasteiger partial charge in [-0.25, -0.2) is 8.78 Å². The summed E-state index contributed by atoms with van der Waals surface area (Å²) in [5.41, 5.74) is 0. The molecule has 0 aliphatic heterocycles. The van der Waals surface area contributed by atoms with Gasteiger partial charge in [0.05, 0.1) is 0 Å². The molecule has 9 heavy (non-hydrogen) atoms. The quantitative estimate of drug-likeness (QED) is 0.361. The van der Waals surface area contributed by atoms with Gasteiger partial charge in [-0.05, 0) is 13.3 Å². The second kappa shape index (κ2) is 7.03. The van der Waals surface area contributed by atoms with Gasteiger partial charge in [0, 0.05) is 0 Å². The summed E-state index contributed by atoms with van der Waals surface area (Å²) < 4.78 is 23.4. The molecule has 0 radical (unpaired) electrons. The van der Waals surface area contributed by atoms with Gasteiger partial charge in [0.1, 0.15) is 0 Å². The Morgan fingerprint density at radius 1 is 1.44 bits per heavy atom. The van der Waals surface area contributed by atoms with E-state index < -0.39 is 5.92 Å². The van der Waals surface area contributed by atoms with Crippen LogP contribution in [0.15, 0.2) is 0 Å². The van der Waals surface area contributed by atoms with E-state index in [4.69, 9.17) is 0 Å². The van der Waals surface area contributed by atoms with Crippen LogP contribution in [0.2, 0.25) is 0 Å². The van der Waals surface area contributed by atoms with Crippen molar-refractivity contribution < 1.29 is 21.2 Å². The molecule has 0 heterocycles. The van der Waals surface area contributed by atoms with E-state index in [9.17, 15) is 8.78 Å². The molecule has 52 valence electrons. The summed E-state index contributed by atoms with van der Waals surface area (Å²) in [6.07, 6.45) is 0.205. The molecular formula is C5H9ClF2Mg. The summed E-state index contributed by atoms with van der Waals surface area (Å²) in [7, 11) is 0. The summed E-state index contributed by atoms with van der Waals surface area (Å²) in [6.45, 7) is 4.19. The van der Waals surface area contributed by atoms with E-state index in [0.29, 0.717) is 6.42 Å². The van der Waals surface area contributed by atoms with Gasteiger partial charge in [-0.3, -0.25) is 0 Å². The molecule has 0 rings (SSSR count). The summed E-state index contributed by atoms with van der Waals surface area (Å²) in [5.74, 6) is -2.51. The summed E-state index contributed by atoms with van der Waals surface area (Å²) >= 11 is 0. The Balaban J connectivity index is -0.000000180. The van der Waals surface area contributed by atoms with Crippen LogP contribution < -0.4 is 12.4 Å². The van der Waals surface area contributed by atoms with Crippen molar-refractivity contribution in [2.45, 2.75) is 25.7 Å². The van der Waals surface area contributed by atoms with Gasteiger partial charge in [-0.1, -0.05) is 0 Å². The predicted octanol–water partition coefficient (Wildman–Crippen LogP) is -1.12. The van der Waals surface area contributed by atoms with Crippen LogP contribution >= 0.6 is 0 Å². The van der Waals surface area contributed by atoms with Crippen LogP contribution in [-0.4, -0.2) is 29.0 Å². The molecule has 0 saturated carbocycles. The summed E-state index contributed by atoms with van der Waals surface area (Å²) in [5, 5.41) is 0. The fourth-order valence-corrected chi connectivity index (χ4v) is 0.310. The third kappa shape index (κ3) is 17.6. The second-order valence-corrected chi connectivity index (χ2v) is 1.67. The number of rotatable bonds is 2. The minimum absolute atomic E-state index is 0. The zero-order valence-corrected chi connectivity index (χ0v) is 7.63. The van der Waals surface area contributed by atoms with E-state index in [-0.39, 0.29) is 41.9 Å². The van der Waals surface area contributed by atoms with Crippen molar-refractivity contribution in [1.82, 2.24) is 0 Å². The minimum atomic E-state index is -2.51. The number of alkyl halides is 2. The van der Waals surface area contributed by atoms with E-state index in [1.54, 1.807) is 0 Å². The molecule has 0 atom stereocenters. The first kappa shape index (κ1) is 16.5. The van der Waals surface area contributed by atoms with Crippen molar-refractivity contribution in [2.75, 3.05) is 0 Å². The Hall–Kier alpha value is 0.916. The van der Waals surface area contributed by atoms with Gasteiger partial charge in [0.2, 0.25) is 5.92 Å². The number of hydrogen-bond acceptors (Lipinski definition) is 0. The maximum atomic E-state index is 11.7. The number of hydrogen-bond donors (Lipinski definition) is 0. The first-order chi connectivity index (χ1) is 3.06. The summed E-state index contributed by atoms with van der Waals surface area (Å²) in [4.78, 5) is 0. The molecule has 0 aromatic carbocycles. The molecule has 0 bridgehead atoms. The second-order valence-electron chi connectivity index (χ2n) is 1.67. The van der Waals surface area contributed by atoms with Gasteiger partial charge < -0.3 is 19.3 Å². The molecule has 0 aliphatic rings. The van der Waals surface area contributed by atoms with Crippen LogP contribution in [-0.2, 0) is 0 Å². The third-order valence-corrected chi connectivity index (χ3v) is 0.616. The Kier molecular flexibility index (Phi) is 12.9. The van der Waals surface area contributed by atoms with Crippen molar-refractivity contribution in [3.63, 3.8) is 0 Å². The largest absolute Gasteiger partial charge is 2.00 e. The van der Waals surface area contributed by atoms with Gasteiger partial charge in [-0.2, -0.15) is 6.42 Å². The molecule has 0 N–H and O–H groups in total. The minimum Gasteiger partial charge on any atom is -1.00 e. The van der Waals surface area contributed by atoms with Crippen LogP contribution in [0.25, 0.3) is 0 Å². The molecule has 0 aromatic heterocycles. The monoisotopic (exact) mass is 166 g/mol. The zero-order chi connectivity index (χ0) is 5.91. The third-order valence-electron chi connectivity index (χ3n) is 0.616. The van der Waals surface area contributed by atoms with Crippen molar-refractivity contribution in [1.29, 1.82) is 0 Å². The van der Waals surface area contributed by atoms with E-state index in [1.807, 2.05) is 0 Å². The Labute approximate surface area is 77.0 Å². The fourth-order valence-electron chi connectivity index (χ4n) is 0.310. The first-order valence-electron chi connectivity index (χ1n) is 2.23. The van der Waals surface area contributed by atoms with E-state index in [0.717, 1.165) is 6.92 Å². The van der Waals surface area contributed by atoms with Gasteiger partial charge in [-0.15, -0.1) is 0 Å². The average Bonchev–Trinajstić information content (AvgIpc) is 1.30. The van der Waals surface area contributed by atoms with Crippen molar-refractivity contribution in [2.24, 2.45) is 0 Å². The topological polar surface area (TPSA) is 0 Å². The standard InChI is InChI=1S/C5H9F2.ClH.Mg/c1-3-4-5(2,6)7;;/h1,3-4H2,2H3;1H;/q-1;;+2/p-1. The van der Waals surface area contributed by atoms with E-state index in [1.165, 1.54) is 0 Å². The molecule has 0 unspecified atom stereocenters. The molecule has 0 saturated heterocycles. The van der Waals surface area contributed by atoms with Crippen LogP contribution in [0, 0.1) is 6.92 Å². The predicted molar refractivity (Wildman–Crippen MR) is 31.0 cm³/mol. The van der Waals surface area contributed by atoms with Crippen LogP contribution in [0.3, 0.4) is 0 Å². The Morgan fingerprint density at radius 2 is 1.78 bits per heavy atom. The van der Waals surface area contributed by atoms with Crippen LogP contribution in [0.5, 0.6) is 0 Å². The number of halogens is 3. The van der Waals surface area contributed by atoms with Gasteiger partial charge >= 0.3 is 23.1 Å². The summed E-state index contributed by atoms with van der Waals surface area (Å²) in [6, 6.07) is 0. The van der Waals surface area contributed by atoms with E-state index in [2.05, 4.69) is 6.92 Å². The smallest absolute Gasteiger partial charge is 1.00 e. The van der Waals surface area contributed by atoms with Crippen molar-refractivity contribution in [3.8, 4) is 0 Å². The molecule has 4 heteroatoms. The van der Waals surface area contributed by atoms with Gasteiger partial charge in [0.15, 0.2) is 0 Å². The Bertz CT molecular complexity index is 53.4. The zero-order valence-electron chi connectivity index (χ0n) is 5.46. The molecule has 0 spiro atoms. The molecule has 0 aromatic rings.